The molecule has 0 saturated carbocycles. The highest BCUT2D eigenvalue weighted by Gasteiger charge is 2.13. The van der Waals surface area contributed by atoms with E-state index in [2.05, 4.69) is 10.6 Å². The monoisotopic (exact) mass is 390 g/mol. The van der Waals surface area contributed by atoms with Gasteiger partial charge in [0.1, 0.15) is 5.75 Å². The summed E-state index contributed by atoms with van der Waals surface area (Å²) in [5, 5.41) is 5.65. The molecule has 0 atom stereocenters. The van der Waals surface area contributed by atoms with Crippen molar-refractivity contribution < 1.29 is 23.9 Å². The highest BCUT2D eigenvalue weighted by atomic mass is 35.5. The number of hydrogen-bond acceptors (Lipinski definition) is 5. The van der Waals surface area contributed by atoms with Gasteiger partial charge >= 0.3 is 5.97 Å². The second-order valence-corrected chi connectivity index (χ2v) is 5.90. The van der Waals surface area contributed by atoms with Gasteiger partial charge in [-0.3, -0.25) is 14.4 Å². The van der Waals surface area contributed by atoms with Crippen LogP contribution in [0.5, 0.6) is 5.75 Å². The maximum Gasteiger partial charge on any atom is 0.306 e. The van der Waals surface area contributed by atoms with Crippen LogP contribution in [0.1, 0.15) is 12.8 Å². The van der Waals surface area contributed by atoms with Gasteiger partial charge in [0.15, 0.2) is 6.61 Å². The number of nitrogens with one attached hydrogen (secondary N) is 2. The van der Waals surface area contributed by atoms with Crippen molar-refractivity contribution in [1.82, 2.24) is 0 Å². The van der Waals surface area contributed by atoms with E-state index in [0.717, 1.165) is 0 Å². The maximum atomic E-state index is 12.0. The van der Waals surface area contributed by atoms with Gasteiger partial charge < -0.3 is 20.1 Å². The molecule has 8 heteroatoms. The Morgan fingerprint density at radius 2 is 1.70 bits per heavy atom. The minimum absolute atomic E-state index is 0.102. The first-order valence-electron chi connectivity index (χ1n) is 8.12. The van der Waals surface area contributed by atoms with Crippen LogP contribution < -0.4 is 15.4 Å². The summed E-state index contributed by atoms with van der Waals surface area (Å²) in [6.07, 6.45) is -0.262. The van der Waals surface area contributed by atoms with E-state index in [4.69, 9.17) is 21.1 Å². The summed E-state index contributed by atoms with van der Waals surface area (Å²) in [4.78, 5) is 35.4. The topological polar surface area (TPSA) is 93.7 Å². The van der Waals surface area contributed by atoms with Gasteiger partial charge in [0, 0.05) is 17.1 Å². The fourth-order valence-corrected chi connectivity index (χ4v) is 2.32. The summed E-state index contributed by atoms with van der Waals surface area (Å²) in [5.74, 6) is -1.05. The van der Waals surface area contributed by atoms with Gasteiger partial charge in [-0.25, -0.2) is 0 Å². The van der Waals surface area contributed by atoms with Crippen LogP contribution in [0.2, 0.25) is 5.02 Å². The zero-order valence-electron chi connectivity index (χ0n) is 14.7. The number of esters is 1. The zero-order valence-corrected chi connectivity index (χ0v) is 15.4. The molecule has 0 radical (unpaired) electrons. The number of halogens is 1. The summed E-state index contributed by atoms with van der Waals surface area (Å²) >= 11 is 5.89. The van der Waals surface area contributed by atoms with E-state index in [-0.39, 0.29) is 12.8 Å². The SMILES string of the molecule is COc1ccc(Cl)cc1NC(=O)CCC(=O)OCC(=O)Nc1ccccc1. The summed E-state index contributed by atoms with van der Waals surface area (Å²) in [5.41, 5.74) is 1.01. The number of rotatable bonds is 8. The molecule has 0 aliphatic rings. The Kier molecular flexibility index (Phi) is 7.63. The molecule has 2 aromatic rings. The van der Waals surface area contributed by atoms with E-state index in [1.807, 2.05) is 6.07 Å². The molecule has 7 nitrogen and oxygen atoms in total. The fraction of sp³-hybridized carbons (Fsp3) is 0.211. The second kappa shape index (κ2) is 10.2. The van der Waals surface area contributed by atoms with Gasteiger partial charge in [-0.15, -0.1) is 0 Å². The number of carbonyl (C=O) groups excluding carboxylic acids is 3. The van der Waals surface area contributed by atoms with Gasteiger partial charge in [-0.1, -0.05) is 29.8 Å². The lowest BCUT2D eigenvalue weighted by Crippen LogP contribution is -2.21. The van der Waals surface area contributed by atoms with E-state index in [0.29, 0.717) is 22.1 Å². The number of hydrogen-bond donors (Lipinski definition) is 2. The van der Waals surface area contributed by atoms with Gasteiger partial charge in [0.25, 0.3) is 5.91 Å². The first-order chi connectivity index (χ1) is 13.0. The number of amides is 2. The number of anilines is 2. The van der Waals surface area contributed by atoms with Crippen LogP contribution in [0.3, 0.4) is 0 Å². The molecule has 0 aliphatic carbocycles. The highest BCUT2D eigenvalue weighted by Crippen LogP contribution is 2.27. The molecule has 0 fully saturated rings. The second-order valence-electron chi connectivity index (χ2n) is 5.47. The van der Waals surface area contributed by atoms with E-state index >= 15 is 0 Å². The van der Waals surface area contributed by atoms with E-state index in [9.17, 15) is 14.4 Å². The number of carbonyl (C=O) groups is 3. The molecule has 27 heavy (non-hydrogen) atoms. The third kappa shape index (κ3) is 6.99. The summed E-state index contributed by atoms with van der Waals surface area (Å²) in [7, 11) is 1.47. The predicted molar refractivity (Wildman–Crippen MR) is 102 cm³/mol. The van der Waals surface area contributed by atoms with Crippen LogP contribution in [0.25, 0.3) is 0 Å². The molecule has 2 amide bonds. The van der Waals surface area contributed by atoms with Crippen molar-refractivity contribution in [1.29, 1.82) is 0 Å². The van der Waals surface area contributed by atoms with Crippen LogP contribution in [0.4, 0.5) is 11.4 Å². The number of ether oxygens (including phenoxy) is 2. The van der Waals surface area contributed by atoms with Crippen molar-refractivity contribution in [2.45, 2.75) is 12.8 Å². The Balaban J connectivity index is 1.73. The molecule has 0 bridgehead atoms. The molecule has 2 aromatic carbocycles. The Morgan fingerprint density at radius 1 is 0.963 bits per heavy atom. The normalized spacial score (nSPS) is 10.0. The van der Waals surface area contributed by atoms with Crippen LogP contribution in [-0.2, 0) is 19.1 Å². The van der Waals surface area contributed by atoms with Gasteiger partial charge in [-0.05, 0) is 30.3 Å². The first kappa shape index (κ1) is 20.3. The lowest BCUT2D eigenvalue weighted by molar-refractivity contribution is -0.147. The summed E-state index contributed by atoms with van der Waals surface area (Å²) in [6, 6.07) is 13.6. The first-order valence-corrected chi connectivity index (χ1v) is 8.49. The summed E-state index contributed by atoms with van der Waals surface area (Å²) in [6.45, 7) is -0.419. The largest absolute Gasteiger partial charge is 0.495 e. The van der Waals surface area contributed by atoms with Gasteiger partial charge in [-0.2, -0.15) is 0 Å². The third-order valence-corrected chi connectivity index (χ3v) is 3.65. The highest BCUT2D eigenvalue weighted by molar-refractivity contribution is 6.31. The molecule has 0 saturated heterocycles. The lowest BCUT2D eigenvalue weighted by Gasteiger charge is -2.10. The standard InChI is InChI=1S/C19H19ClN2O5/c1-26-16-8-7-13(20)11-15(16)22-17(23)9-10-19(25)27-12-18(24)21-14-5-3-2-4-6-14/h2-8,11H,9-10,12H2,1H3,(H,21,24)(H,22,23). The fourth-order valence-electron chi connectivity index (χ4n) is 2.14. The van der Waals surface area contributed by atoms with Crippen molar-refractivity contribution >= 4 is 40.8 Å². The van der Waals surface area contributed by atoms with Gasteiger partial charge in [0.2, 0.25) is 5.91 Å². The zero-order chi connectivity index (χ0) is 19.6. The smallest absolute Gasteiger partial charge is 0.306 e. The average molecular weight is 391 g/mol. The van der Waals surface area contributed by atoms with Crippen molar-refractivity contribution in [3.8, 4) is 5.75 Å². The Hall–Kier alpha value is -3.06. The Labute approximate surface area is 161 Å². The number of benzene rings is 2. The molecule has 0 spiro atoms. The number of methoxy groups -OCH3 is 1. The predicted octanol–water partition coefficient (Wildman–Crippen LogP) is 3.25. The molecule has 0 heterocycles. The Morgan fingerprint density at radius 3 is 2.41 bits per heavy atom. The van der Waals surface area contributed by atoms with E-state index in [1.165, 1.54) is 7.11 Å². The Bertz CT molecular complexity index is 811. The lowest BCUT2D eigenvalue weighted by atomic mass is 10.2. The molecular weight excluding hydrogens is 372 g/mol. The minimum atomic E-state index is -0.647. The molecule has 0 unspecified atom stereocenters. The molecule has 2 rings (SSSR count). The van der Waals surface area contributed by atoms with Crippen LogP contribution in [-0.4, -0.2) is 31.5 Å². The molecule has 0 aromatic heterocycles. The quantitative estimate of drug-likeness (QED) is 0.675. The average Bonchev–Trinajstić information content (AvgIpc) is 2.66. The van der Waals surface area contributed by atoms with Gasteiger partial charge in [0.05, 0.1) is 19.2 Å². The molecule has 2 N–H and O–H groups in total. The molecular formula is C19H19ClN2O5. The molecule has 142 valence electrons. The summed E-state index contributed by atoms with van der Waals surface area (Å²) < 4.78 is 9.99. The van der Waals surface area contributed by atoms with Crippen LogP contribution in [0.15, 0.2) is 48.5 Å². The van der Waals surface area contributed by atoms with E-state index < -0.39 is 24.4 Å². The third-order valence-electron chi connectivity index (χ3n) is 3.41. The maximum absolute atomic E-state index is 12.0. The minimum Gasteiger partial charge on any atom is -0.495 e. The van der Waals surface area contributed by atoms with Crippen molar-refractivity contribution in [2.24, 2.45) is 0 Å². The number of para-hydroxylation sites is 1. The van der Waals surface area contributed by atoms with Crippen LogP contribution >= 0.6 is 11.6 Å². The van der Waals surface area contributed by atoms with Crippen molar-refractivity contribution in [3.63, 3.8) is 0 Å². The van der Waals surface area contributed by atoms with Crippen LogP contribution in [0, 0.1) is 0 Å². The van der Waals surface area contributed by atoms with Crippen molar-refractivity contribution in [3.05, 3.63) is 53.6 Å². The molecule has 0 aliphatic heterocycles. The van der Waals surface area contributed by atoms with E-state index in [1.54, 1.807) is 42.5 Å². The van der Waals surface area contributed by atoms with Crippen molar-refractivity contribution in [2.75, 3.05) is 24.4 Å².